The molecule has 0 amide bonds. The van der Waals surface area contributed by atoms with Crippen molar-refractivity contribution in [2.45, 2.75) is 82.7 Å². The molecule has 0 aromatic rings. The van der Waals surface area contributed by atoms with Crippen LogP contribution in [-0.4, -0.2) is 29.1 Å². The number of unbranched alkanes of at least 4 members (excludes halogenated alkanes) is 7. The highest BCUT2D eigenvalue weighted by atomic mass is 16.8. The zero-order valence-corrected chi connectivity index (χ0v) is 12.3. The van der Waals surface area contributed by atoms with Gasteiger partial charge in [0.05, 0.1) is 6.10 Å². The number of ether oxygens (including phenoxy) is 2. The molecule has 0 saturated carbocycles. The number of aliphatic hydroxyl groups excluding tert-OH is 1. The van der Waals surface area contributed by atoms with Crippen molar-refractivity contribution >= 4 is 5.97 Å². The second-order valence-electron chi connectivity index (χ2n) is 5.85. The van der Waals surface area contributed by atoms with Gasteiger partial charge in [-0.15, -0.1) is 0 Å². The van der Waals surface area contributed by atoms with Gasteiger partial charge in [0.1, 0.15) is 0 Å². The van der Waals surface area contributed by atoms with Crippen LogP contribution < -0.4 is 0 Å². The van der Waals surface area contributed by atoms with Crippen LogP contribution >= 0.6 is 0 Å². The fraction of sp³-hybridized carbons (Fsp3) is 0.812. The van der Waals surface area contributed by atoms with E-state index < -0.39 is 11.9 Å². The number of epoxide rings is 1. The lowest BCUT2D eigenvalue weighted by Crippen LogP contribution is -2.24. The molecule has 0 aromatic heterocycles. The number of hydrogen-bond acceptors (Lipinski definition) is 4. The van der Waals surface area contributed by atoms with E-state index in [1.807, 2.05) is 0 Å². The standard InChI is InChI=1S/C16H26O4/c1-2-3-4-5-6-7-8-9-10-13(17)15-16(20-15)12-11-14(18)19-16/h11-13,15,17H,2-10H2,1H3/t13-,15+,16+/m0/s1. The van der Waals surface area contributed by atoms with Crippen molar-refractivity contribution < 1.29 is 19.4 Å². The first-order valence-corrected chi connectivity index (χ1v) is 7.96. The average molecular weight is 282 g/mol. The summed E-state index contributed by atoms with van der Waals surface area (Å²) in [7, 11) is 0. The summed E-state index contributed by atoms with van der Waals surface area (Å²) in [5.74, 6) is -1.32. The van der Waals surface area contributed by atoms with Crippen molar-refractivity contribution in [1.29, 1.82) is 0 Å². The van der Waals surface area contributed by atoms with Crippen molar-refractivity contribution in [1.82, 2.24) is 0 Å². The minimum Gasteiger partial charge on any atom is -0.423 e. The Labute approximate surface area is 121 Å². The van der Waals surface area contributed by atoms with E-state index in [0.717, 1.165) is 12.8 Å². The molecular weight excluding hydrogens is 256 g/mol. The summed E-state index contributed by atoms with van der Waals surface area (Å²) in [6.45, 7) is 2.23. The van der Waals surface area contributed by atoms with E-state index in [1.165, 1.54) is 44.6 Å². The van der Waals surface area contributed by atoms with Gasteiger partial charge < -0.3 is 14.6 Å². The van der Waals surface area contributed by atoms with Gasteiger partial charge in [-0.3, -0.25) is 0 Å². The van der Waals surface area contributed by atoms with Gasteiger partial charge in [0.25, 0.3) is 5.79 Å². The Bertz CT molecular complexity index is 352. The molecule has 1 N–H and O–H groups in total. The molecule has 2 aliphatic rings. The van der Waals surface area contributed by atoms with Gasteiger partial charge in [0, 0.05) is 6.08 Å². The van der Waals surface area contributed by atoms with E-state index in [9.17, 15) is 9.90 Å². The largest absolute Gasteiger partial charge is 0.423 e. The number of hydrogen-bond donors (Lipinski definition) is 1. The highest BCUT2D eigenvalue weighted by molar-refractivity contribution is 5.85. The SMILES string of the molecule is CCCCCCCCCC[C@H](O)[C@H]1O[C@]12C=CC(=O)O2. The molecular formula is C16H26O4. The van der Waals surface area contributed by atoms with E-state index in [0.29, 0.717) is 6.42 Å². The molecule has 0 unspecified atom stereocenters. The van der Waals surface area contributed by atoms with E-state index in [2.05, 4.69) is 6.92 Å². The topological polar surface area (TPSA) is 59.1 Å². The van der Waals surface area contributed by atoms with Gasteiger partial charge in [-0.1, -0.05) is 58.3 Å². The van der Waals surface area contributed by atoms with Crippen LogP contribution in [0.5, 0.6) is 0 Å². The van der Waals surface area contributed by atoms with E-state index in [-0.39, 0.29) is 12.1 Å². The van der Waals surface area contributed by atoms with Gasteiger partial charge in [-0.05, 0) is 12.5 Å². The molecule has 1 saturated heterocycles. The molecule has 2 rings (SSSR count). The maximum absolute atomic E-state index is 11.0. The Kier molecular flexibility index (Phi) is 5.61. The van der Waals surface area contributed by atoms with Crippen LogP contribution in [0.4, 0.5) is 0 Å². The van der Waals surface area contributed by atoms with Gasteiger partial charge in [0.2, 0.25) is 0 Å². The van der Waals surface area contributed by atoms with E-state index in [1.54, 1.807) is 6.08 Å². The molecule has 2 heterocycles. The molecule has 0 aromatic carbocycles. The second-order valence-corrected chi connectivity index (χ2v) is 5.85. The number of carbonyl (C=O) groups excluding carboxylic acids is 1. The Morgan fingerprint density at radius 3 is 2.45 bits per heavy atom. The Morgan fingerprint density at radius 1 is 1.20 bits per heavy atom. The zero-order valence-electron chi connectivity index (χ0n) is 12.3. The number of esters is 1. The predicted molar refractivity (Wildman–Crippen MR) is 76.1 cm³/mol. The number of aliphatic hydroxyl groups is 1. The highest BCUT2D eigenvalue weighted by Crippen LogP contribution is 2.45. The molecule has 2 aliphatic heterocycles. The molecule has 1 fully saturated rings. The Balaban J connectivity index is 1.49. The van der Waals surface area contributed by atoms with Crippen molar-refractivity contribution in [2.24, 2.45) is 0 Å². The third-order valence-electron chi connectivity index (χ3n) is 4.07. The molecule has 0 radical (unpaired) electrons. The minimum absolute atomic E-state index is 0.366. The highest BCUT2D eigenvalue weighted by Gasteiger charge is 2.63. The quantitative estimate of drug-likeness (QED) is 0.380. The van der Waals surface area contributed by atoms with Crippen molar-refractivity contribution in [3.8, 4) is 0 Å². The third kappa shape index (κ3) is 4.06. The number of rotatable bonds is 10. The molecule has 3 atom stereocenters. The maximum atomic E-state index is 11.0. The van der Waals surface area contributed by atoms with Crippen LogP contribution in [0.15, 0.2) is 12.2 Å². The Morgan fingerprint density at radius 2 is 1.85 bits per heavy atom. The first kappa shape index (κ1) is 15.5. The zero-order chi connectivity index (χ0) is 14.4. The van der Waals surface area contributed by atoms with E-state index in [4.69, 9.17) is 9.47 Å². The van der Waals surface area contributed by atoms with Crippen molar-refractivity contribution in [3.63, 3.8) is 0 Å². The third-order valence-corrected chi connectivity index (χ3v) is 4.07. The summed E-state index contributed by atoms with van der Waals surface area (Å²) in [4.78, 5) is 11.0. The summed E-state index contributed by atoms with van der Waals surface area (Å²) in [6, 6.07) is 0. The minimum atomic E-state index is -0.934. The summed E-state index contributed by atoms with van der Waals surface area (Å²) >= 11 is 0. The monoisotopic (exact) mass is 282 g/mol. The molecule has 114 valence electrons. The van der Waals surface area contributed by atoms with Crippen LogP contribution in [0.3, 0.4) is 0 Å². The Hall–Kier alpha value is -0.870. The summed E-state index contributed by atoms with van der Waals surface area (Å²) < 4.78 is 10.4. The van der Waals surface area contributed by atoms with Crippen molar-refractivity contribution in [3.05, 3.63) is 12.2 Å². The van der Waals surface area contributed by atoms with Gasteiger partial charge >= 0.3 is 5.97 Å². The van der Waals surface area contributed by atoms with Gasteiger partial charge in [-0.2, -0.15) is 0 Å². The first-order chi connectivity index (χ1) is 9.68. The summed E-state index contributed by atoms with van der Waals surface area (Å²) in [5, 5.41) is 10.0. The lowest BCUT2D eigenvalue weighted by molar-refractivity contribution is -0.144. The normalized spacial score (nSPS) is 28.9. The molecule has 0 bridgehead atoms. The van der Waals surface area contributed by atoms with Gasteiger partial charge in [0.15, 0.2) is 6.10 Å². The molecule has 0 aliphatic carbocycles. The number of carbonyl (C=O) groups is 1. The first-order valence-electron chi connectivity index (χ1n) is 7.96. The average Bonchev–Trinajstić information content (AvgIpc) is 3.00. The fourth-order valence-corrected chi connectivity index (χ4v) is 2.78. The smallest absolute Gasteiger partial charge is 0.333 e. The van der Waals surface area contributed by atoms with Crippen LogP contribution in [0.1, 0.15) is 64.7 Å². The summed E-state index contributed by atoms with van der Waals surface area (Å²) in [5.41, 5.74) is 0. The molecule has 20 heavy (non-hydrogen) atoms. The van der Waals surface area contributed by atoms with Crippen molar-refractivity contribution in [2.75, 3.05) is 0 Å². The molecule has 1 spiro atoms. The summed E-state index contributed by atoms with van der Waals surface area (Å²) in [6.07, 6.45) is 12.8. The van der Waals surface area contributed by atoms with Crippen LogP contribution in [0.25, 0.3) is 0 Å². The molecule has 4 heteroatoms. The molecule has 4 nitrogen and oxygen atoms in total. The second kappa shape index (κ2) is 7.23. The maximum Gasteiger partial charge on any atom is 0.333 e. The van der Waals surface area contributed by atoms with Crippen LogP contribution in [0.2, 0.25) is 0 Å². The lowest BCUT2D eigenvalue weighted by Gasteiger charge is -2.09. The fourth-order valence-electron chi connectivity index (χ4n) is 2.78. The van der Waals surface area contributed by atoms with Gasteiger partial charge in [-0.25, -0.2) is 4.79 Å². The van der Waals surface area contributed by atoms with Crippen LogP contribution in [-0.2, 0) is 14.3 Å². The van der Waals surface area contributed by atoms with Crippen LogP contribution in [0, 0.1) is 0 Å². The van der Waals surface area contributed by atoms with E-state index >= 15 is 0 Å². The lowest BCUT2D eigenvalue weighted by atomic mass is 10.0. The predicted octanol–water partition coefficient (Wildman–Crippen LogP) is 3.09.